The summed E-state index contributed by atoms with van der Waals surface area (Å²) in [6.07, 6.45) is 0.107. The van der Waals surface area contributed by atoms with Gasteiger partial charge >= 0.3 is 6.18 Å². The molecule has 0 aliphatic carbocycles. The third kappa shape index (κ3) is 5.23. The summed E-state index contributed by atoms with van der Waals surface area (Å²) in [5.74, 6) is -0.506. The van der Waals surface area contributed by atoms with Crippen LogP contribution < -0.4 is 10.1 Å². The van der Waals surface area contributed by atoms with Crippen molar-refractivity contribution in [3.8, 4) is 5.88 Å². The molecule has 2 N–H and O–H groups in total. The molecule has 160 valence electrons. The van der Waals surface area contributed by atoms with Crippen LogP contribution in [0.4, 0.5) is 13.2 Å². The van der Waals surface area contributed by atoms with E-state index in [1.54, 1.807) is 36.9 Å². The van der Waals surface area contributed by atoms with Crippen molar-refractivity contribution in [1.29, 1.82) is 0 Å². The Morgan fingerprint density at radius 3 is 2.80 bits per heavy atom. The van der Waals surface area contributed by atoms with Gasteiger partial charge in [0.15, 0.2) is 6.61 Å². The molecular formula is C19H20F3N5O3. The minimum Gasteiger partial charge on any atom is -0.468 e. The van der Waals surface area contributed by atoms with Crippen LogP contribution in [0.2, 0.25) is 0 Å². The Balaban J connectivity index is 1.79. The number of amides is 1. The summed E-state index contributed by atoms with van der Waals surface area (Å²) in [7, 11) is 0. The second kappa shape index (κ2) is 8.66. The predicted octanol–water partition coefficient (Wildman–Crippen LogP) is 2.23. The molecule has 0 aromatic carbocycles. The van der Waals surface area contributed by atoms with Gasteiger partial charge < -0.3 is 15.2 Å². The first-order chi connectivity index (χ1) is 14.2. The largest absolute Gasteiger partial charge is 0.468 e. The van der Waals surface area contributed by atoms with Crippen molar-refractivity contribution in [3.05, 3.63) is 47.5 Å². The molecule has 0 fully saturated rings. The van der Waals surface area contributed by atoms with Crippen LogP contribution in [0.1, 0.15) is 28.5 Å². The van der Waals surface area contributed by atoms with Gasteiger partial charge in [-0.05, 0) is 31.5 Å². The molecule has 3 heterocycles. The van der Waals surface area contributed by atoms with Crippen LogP contribution >= 0.6 is 0 Å². The zero-order valence-electron chi connectivity index (χ0n) is 16.3. The predicted molar refractivity (Wildman–Crippen MR) is 101 cm³/mol. The summed E-state index contributed by atoms with van der Waals surface area (Å²) in [6, 6.07) is 2.91. The minimum atomic E-state index is -4.44. The fourth-order valence-corrected chi connectivity index (χ4v) is 2.79. The highest BCUT2D eigenvalue weighted by molar-refractivity contribution is 6.04. The Hall–Kier alpha value is -3.21. The second-order valence-electron chi connectivity index (χ2n) is 6.85. The number of aryl methyl sites for hydroxylation is 1. The number of carbonyl (C=O) groups is 1. The van der Waals surface area contributed by atoms with E-state index < -0.39 is 24.7 Å². The maximum atomic E-state index is 12.4. The number of aliphatic hydroxyl groups is 1. The standard InChI is InChI=1S/C19H20F3N5O3/c1-11-5-13(6-24-18(11)30-10-19(20,21)22)7-27-8-14-15(26-27)3-4-23-16(14)17(29)25-12(2)9-28/h3-6,8,12,28H,7,9-10H2,1-2H3,(H,25,29). The van der Waals surface area contributed by atoms with Crippen molar-refractivity contribution in [2.45, 2.75) is 32.6 Å². The van der Waals surface area contributed by atoms with Crippen molar-refractivity contribution in [3.63, 3.8) is 0 Å². The van der Waals surface area contributed by atoms with Crippen molar-refractivity contribution >= 4 is 16.8 Å². The maximum absolute atomic E-state index is 12.4. The summed E-state index contributed by atoms with van der Waals surface area (Å²) >= 11 is 0. The third-order valence-corrected chi connectivity index (χ3v) is 4.15. The number of nitrogens with one attached hydrogen (secondary N) is 1. The lowest BCUT2D eigenvalue weighted by Gasteiger charge is -2.11. The van der Waals surface area contributed by atoms with E-state index in [0.717, 1.165) is 0 Å². The topological polar surface area (TPSA) is 102 Å². The van der Waals surface area contributed by atoms with E-state index in [4.69, 9.17) is 9.84 Å². The van der Waals surface area contributed by atoms with E-state index in [1.165, 1.54) is 12.4 Å². The van der Waals surface area contributed by atoms with E-state index in [-0.39, 0.29) is 24.7 Å². The highest BCUT2D eigenvalue weighted by atomic mass is 19.4. The Labute approximate surface area is 169 Å². The molecule has 1 unspecified atom stereocenters. The fourth-order valence-electron chi connectivity index (χ4n) is 2.79. The molecule has 0 aliphatic heterocycles. The summed E-state index contributed by atoms with van der Waals surface area (Å²) in [4.78, 5) is 20.5. The number of ether oxygens (including phenoxy) is 1. The highest BCUT2D eigenvalue weighted by Gasteiger charge is 2.29. The van der Waals surface area contributed by atoms with Crippen LogP contribution in [0.5, 0.6) is 5.88 Å². The van der Waals surface area contributed by atoms with Crippen LogP contribution in [0, 0.1) is 6.92 Å². The monoisotopic (exact) mass is 423 g/mol. The number of rotatable bonds is 7. The molecular weight excluding hydrogens is 403 g/mol. The Bertz CT molecular complexity index is 1050. The van der Waals surface area contributed by atoms with Crippen molar-refractivity contribution in [2.24, 2.45) is 0 Å². The first kappa shape index (κ1) is 21.5. The second-order valence-corrected chi connectivity index (χ2v) is 6.85. The number of nitrogens with zero attached hydrogens (tertiary/aromatic N) is 4. The van der Waals surface area contributed by atoms with Crippen LogP contribution in [0.25, 0.3) is 10.9 Å². The molecule has 1 atom stereocenters. The number of pyridine rings is 2. The number of halogens is 3. The summed E-state index contributed by atoms with van der Waals surface area (Å²) in [5, 5.41) is 16.7. The van der Waals surface area contributed by atoms with E-state index >= 15 is 0 Å². The summed E-state index contributed by atoms with van der Waals surface area (Å²) in [6.45, 7) is 1.96. The first-order valence-electron chi connectivity index (χ1n) is 9.05. The van der Waals surface area contributed by atoms with Crippen molar-refractivity contribution < 1.29 is 27.8 Å². The lowest BCUT2D eigenvalue weighted by molar-refractivity contribution is -0.154. The minimum absolute atomic E-state index is 0.0807. The molecule has 11 heteroatoms. The fraction of sp³-hybridized carbons (Fsp3) is 0.368. The molecule has 0 radical (unpaired) electrons. The van der Waals surface area contributed by atoms with Crippen LogP contribution in [-0.4, -0.2) is 56.2 Å². The molecule has 8 nitrogen and oxygen atoms in total. The normalized spacial score (nSPS) is 12.7. The molecule has 0 saturated heterocycles. The number of alkyl halides is 3. The van der Waals surface area contributed by atoms with E-state index in [1.807, 2.05) is 0 Å². The molecule has 3 rings (SSSR count). The Morgan fingerprint density at radius 1 is 1.37 bits per heavy atom. The molecule has 0 saturated carbocycles. The van der Waals surface area contributed by atoms with Gasteiger partial charge in [0.2, 0.25) is 5.88 Å². The van der Waals surface area contributed by atoms with Gasteiger partial charge in [-0.25, -0.2) is 4.98 Å². The van der Waals surface area contributed by atoms with Gasteiger partial charge in [0.1, 0.15) is 5.69 Å². The summed E-state index contributed by atoms with van der Waals surface area (Å²) < 4.78 is 43.2. The van der Waals surface area contributed by atoms with Gasteiger partial charge in [0.25, 0.3) is 5.91 Å². The third-order valence-electron chi connectivity index (χ3n) is 4.15. The molecule has 1 amide bonds. The molecule has 3 aromatic heterocycles. The average molecular weight is 423 g/mol. The van der Waals surface area contributed by atoms with E-state index in [0.29, 0.717) is 22.0 Å². The van der Waals surface area contributed by atoms with Gasteiger partial charge in [-0.15, -0.1) is 0 Å². The molecule has 0 aliphatic rings. The van der Waals surface area contributed by atoms with Crippen LogP contribution in [-0.2, 0) is 6.54 Å². The zero-order valence-corrected chi connectivity index (χ0v) is 16.3. The zero-order chi connectivity index (χ0) is 21.9. The summed E-state index contributed by atoms with van der Waals surface area (Å²) in [5.41, 5.74) is 1.91. The van der Waals surface area contributed by atoms with Gasteiger partial charge in [-0.1, -0.05) is 0 Å². The molecule has 0 bridgehead atoms. The van der Waals surface area contributed by atoms with Gasteiger partial charge in [-0.3, -0.25) is 14.5 Å². The van der Waals surface area contributed by atoms with Gasteiger partial charge in [0, 0.05) is 30.2 Å². The van der Waals surface area contributed by atoms with Crippen LogP contribution in [0.15, 0.2) is 30.7 Å². The number of hydrogen-bond acceptors (Lipinski definition) is 6. The number of carbonyl (C=O) groups excluding carboxylic acids is 1. The smallest absolute Gasteiger partial charge is 0.422 e. The average Bonchev–Trinajstić information content (AvgIpc) is 3.08. The SMILES string of the molecule is Cc1cc(Cn2cc3c(C(=O)NC(C)CO)nccc3n2)cnc1OCC(F)(F)F. The van der Waals surface area contributed by atoms with Gasteiger partial charge in [0.05, 0.1) is 24.1 Å². The number of fused-ring (bicyclic) bond motifs is 1. The Kier molecular flexibility index (Phi) is 6.20. The highest BCUT2D eigenvalue weighted by Crippen LogP contribution is 2.21. The lowest BCUT2D eigenvalue weighted by atomic mass is 10.2. The lowest BCUT2D eigenvalue weighted by Crippen LogP contribution is -2.35. The van der Waals surface area contributed by atoms with Gasteiger partial charge in [-0.2, -0.15) is 18.3 Å². The Morgan fingerprint density at radius 2 is 2.13 bits per heavy atom. The maximum Gasteiger partial charge on any atom is 0.422 e. The molecule has 30 heavy (non-hydrogen) atoms. The van der Waals surface area contributed by atoms with Crippen LogP contribution in [0.3, 0.4) is 0 Å². The van der Waals surface area contributed by atoms with E-state index in [2.05, 4.69) is 20.4 Å². The number of aliphatic hydroxyl groups excluding tert-OH is 1. The molecule has 3 aromatic rings. The van der Waals surface area contributed by atoms with Crippen molar-refractivity contribution in [2.75, 3.05) is 13.2 Å². The van der Waals surface area contributed by atoms with E-state index in [9.17, 15) is 18.0 Å². The molecule has 0 spiro atoms. The first-order valence-corrected chi connectivity index (χ1v) is 9.05. The number of hydrogen-bond donors (Lipinski definition) is 2. The quantitative estimate of drug-likeness (QED) is 0.604. The van der Waals surface area contributed by atoms with Crippen molar-refractivity contribution in [1.82, 2.24) is 25.1 Å². The number of aromatic nitrogens is 4.